The lowest BCUT2D eigenvalue weighted by Crippen LogP contribution is -2.42. The Morgan fingerprint density at radius 2 is 1.68 bits per heavy atom. The fourth-order valence-electron chi connectivity index (χ4n) is 4.31. The van der Waals surface area contributed by atoms with Gasteiger partial charge in [-0.25, -0.2) is 8.42 Å². The molecule has 1 amide bonds. The summed E-state index contributed by atoms with van der Waals surface area (Å²) in [6.07, 6.45) is 7.71. The quantitative estimate of drug-likeness (QED) is 0.827. The van der Waals surface area contributed by atoms with Crippen molar-refractivity contribution in [3.05, 3.63) is 35.9 Å². The highest BCUT2D eigenvalue weighted by Gasteiger charge is 2.33. The van der Waals surface area contributed by atoms with Gasteiger partial charge in [0, 0.05) is 25.3 Å². The number of nitrogens with zero attached hydrogens (tertiary/aromatic N) is 1. The van der Waals surface area contributed by atoms with Crippen LogP contribution in [0.4, 0.5) is 0 Å². The van der Waals surface area contributed by atoms with Crippen molar-refractivity contribution < 1.29 is 13.2 Å². The molecule has 0 N–H and O–H groups in total. The molecule has 1 atom stereocenters. The van der Waals surface area contributed by atoms with Crippen molar-refractivity contribution >= 4 is 15.7 Å². The first kappa shape index (κ1) is 18.4. The summed E-state index contributed by atoms with van der Waals surface area (Å²) in [7, 11) is -3.09. The van der Waals surface area contributed by atoms with Gasteiger partial charge in [-0.05, 0) is 50.0 Å². The Kier molecular flexibility index (Phi) is 5.82. The van der Waals surface area contributed by atoms with Gasteiger partial charge in [0.05, 0.1) is 5.25 Å². The van der Waals surface area contributed by atoms with Crippen molar-refractivity contribution in [3.8, 4) is 0 Å². The number of carbonyl (C=O) groups excluding carboxylic acids is 1. The van der Waals surface area contributed by atoms with Crippen LogP contribution in [-0.4, -0.2) is 43.8 Å². The molecule has 1 aliphatic carbocycles. The van der Waals surface area contributed by atoms with Crippen LogP contribution in [0.5, 0.6) is 0 Å². The first-order chi connectivity index (χ1) is 11.9. The van der Waals surface area contributed by atoms with Crippen molar-refractivity contribution in [2.75, 3.05) is 19.3 Å². The smallest absolute Gasteiger partial charge is 0.225 e. The van der Waals surface area contributed by atoms with Gasteiger partial charge >= 0.3 is 0 Å². The lowest BCUT2D eigenvalue weighted by Gasteiger charge is -2.32. The molecular weight excluding hydrogens is 334 g/mol. The van der Waals surface area contributed by atoms with E-state index in [2.05, 4.69) is 24.3 Å². The third-order valence-electron chi connectivity index (χ3n) is 5.89. The van der Waals surface area contributed by atoms with E-state index >= 15 is 0 Å². The van der Waals surface area contributed by atoms with E-state index in [1.165, 1.54) is 11.8 Å². The Morgan fingerprint density at radius 1 is 1.00 bits per heavy atom. The predicted molar refractivity (Wildman–Crippen MR) is 100 cm³/mol. The van der Waals surface area contributed by atoms with E-state index in [4.69, 9.17) is 0 Å². The van der Waals surface area contributed by atoms with Gasteiger partial charge in [-0.1, -0.05) is 36.8 Å². The molecule has 1 aromatic carbocycles. The zero-order chi connectivity index (χ0) is 17.9. The topological polar surface area (TPSA) is 54.5 Å². The summed E-state index contributed by atoms with van der Waals surface area (Å²) in [6.45, 7) is 1.10. The fraction of sp³-hybridized carbons (Fsp3) is 0.650. The number of likely N-dealkylation sites (tertiary alicyclic amines) is 1. The van der Waals surface area contributed by atoms with E-state index in [0.29, 0.717) is 25.4 Å². The normalized spacial score (nSPS) is 28.4. The van der Waals surface area contributed by atoms with Gasteiger partial charge < -0.3 is 4.90 Å². The Labute approximate surface area is 151 Å². The van der Waals surface area contributed by atoms with Crippen molar-refractivity contribution in [1.82, 2.24) is 4.90 Å². The SMILES string of the molecule is CS(=O)(=O)C1CCCCN(C(=O)C2CCC(c3ccccc3)CC2)C1. The predicted octanol–water partition coefficient (Wildman–Crippen LogP) is 3.39. The Balaban J connectivity index is 1.60. The molecular formula is C20H29NO3S. The summed E-state index contributed by atoms with van der Waals surface area (Å²) >= 11 is 0. The van der Waals surface area contributed by atoms with Crippen LogP contribution < -0.4 is 0 Å². The van der Waals surface area contributed by atoms with Gasteiger partial charge in [-0.3, -0.25) is 4.79 Å². The number of rotatable bonds is 3. The van der Waals surface area contributed by atoms with E-state index < -0.39 is 9.84 Å². The molecule has 1 heterocycles. The van der Waals surface area contributed by atoms with E-state index in [0.717, 1.165) is 38.5 Å². The van der Waals surface area contributed by atoms with Gasteiger partial charge in [-0.2, -0.15) is 0 Å². The number of carbonyl (C=O) groups is 1. The maximum Gasteiger partial charge on any atom is 0.225 e. The van der Waals surface area contributed by atoms with Gasteiger partial charge in [0.1, 0.15) is 0 Å². The maximum absolute atomic E-state index is 13.0. The van der Waals surface area contributed by atoms with Crippen LogP contribution in [0.25, 0.3) is 0 Å². The lowest BCUT2D eigenvalue weighted by molar-refractivity contribution is -0.136. The molecule has 0 radical (unpaired) electrons. The lowest BCUT2D eigenvalue weighted by atomic mass is 9.78. The van der Waals surface area contributed by atoms with Gasteiger partial charge in [0.15, 0.2) is 9.84 Å². The minimum Gasteiger partial charge on any atom is -0.341 e. The van der Waals surface area contributed by atoms with Crippen LogP contribution in [-0.2, 0) is 14.6 Å². The summed E-state index contributed by atoms with van der Waals surface area (Å²) in [6, 6.07) is 10.6. The summed E-state index contributed by atoms with van der Waals surface area (Å²) in [5.74, 6) is 0.804. The monoisotopic (exact) mass is 363 g/mol. The molecule has 1 saturated carbocycles. The number of sulfone groups is 1. The molecule has 3 rings (SSSR count). The van der Waals surface area contributed by atoms with Crippen LogP contribution in [0.1, 0.15) is 56.4 Å². The van der Waals surface area contributed by atoms with Crippen LogP contribution in [0.3, 0.4) is 0 Å². The summed E-state index contributed by atoms with van der Waals surface area (Å²) in [5, 5.41) is -0.389. The second-order valence-electron chi connectivity index (χ2n) is 7.69. The molecule has 0 bridgehead atoms. The zero-order valence-electron chi connectivity index (χ0n) is 15.1. The molecule has 5 heteroatoms. The van der Waals surface area contributed by atoms with Crippen LogP contribution in [0.2, 0.25) is 0 Å². The number of hydrogen-bond donors (Lipinski definition) is 0. The molecule has 2 aliphatic rings. The summed E-state index contributed by atoms with van der Waals surface area (Å²) in [5.41, 5.74) is 1.38. The molecule has 4 nitrogen and oxygen atoms in total. The largest absolute Gasteiger partial charge is 0.341 e. The standard InChI is InChI=1S/C20H29NO3S/c1-25(23,24)19-9-5-6-14-21(15-19)20(22)18-12-10-17(11-13-18)16-7-3-2-4-8-16/h2-4,7-8,17-19H,5-6,9-15H2,1H3. The fourth-order valence-corrected chi connectivity index (χ4v) is 5.36. The first-order valence-corrected chi connectivity index (χ1v) is 11.4. The van der Waals surface area contributed by atoms with Crippen LogP contribution in [0, 0.1) is 5.92 Å². The number of amides is 1. The van der Waals surface area contributed by atoms with Crippen molar-refractivity contribution in [2.24, 2.45) is 5.92 Å². The van der Waals surface area contributed by atoms with Crippen molar-refractivity contribution in [1.29, 1.82) is 0 Å². The first-order valence-electron chi connectivity index (χ1n) is 9.47. The number of hydrogen-bond acceptors (Lipinski definition) is 3. The average molecular weight is 364 g/mol. The van der Waals surface area contributed by atoms with E-state index in [1.807, 2.05) is 11.0 Å². The maximum atomic E-state index is 13.0. The second kappa shape index (κ2) is 7.90. The number of benzene rings is 1. The Bertz CT molecular complexity index is 678. The highest BCUT2D eigenvalue weighted by atomic mass is 32.2. The Morgan fingerprint density at radius 3 is 2.32 bits per heavy atom. The molecule has 2 fully saturated rings. The molecule has 1 unspecified atom stereocenters. The third kappa shape index (κ3) is 4.63. The van der Waals surface area contributed by atoms with E-state index in [-0.39, 0.29) is 17.1 Å². The van der Waals surface area contributed by atoms with Crippen LogP contribution >= 0.6 is 0 Å². The van der Waals surface area contributed by atoms with E-state index in [1.54, 1.807) is 0 Å². The van der Waals surface area contributed by atoms with Gasteiger partial charge in [0.25, 0.3) is 0 Å². The van der Waals surface area contributed by atoms with Gasteiger partial charge in [-0.15, -0.1) is 0 Å². The second-order valence-corrected chi connectivity index (χ2v) is 10.0. The molecule has 0 aromatic heterocycles. The molecule has 0 spiro atoms. The zero-order valence-corrected chi connectivity index (χ0v) is 15.9. The third-order valence-corrected chi connectivity index (χ3v) is 7.49. The van der Waals surface area contributed by atoms with E-state index in [9.17, 15) is 13.2 Å². The van der Waals surface area contributed by atoms with Gasteiger partial charge in [0.2, 0.25) is 5.91 Å². The van der Waals surface area contributed by atoms with Crippen molar-refractivity contribution in [2.45, 2.75) is 56.1 Å². The molecule has 138 valence electrons. The molecule has 1 aromatic rings. The molecule has 1 aliphatic heterocycles. The minimum atomic E-state index is -3.09. The van der Waals surface area contributed by atoms with Crippen LogP contribution in [0.15, 0.2) is 30.3 Å². The Hall–Kier alpha value is -1.36. The molecule has 25 heavy (non-hydrogen) atoms. The molecule has 1 saturated heterocycles. The highest BCUT2D eigenvalue weighted by Crippen LogP contribution is 2.36. The minimum absolute atomic E-state index is 0.0678. The van der Waals surface area contributed by atoms with Crippen molar-refractivity contribution in [3.63, 3.8) is 0 Å². The highest BCUT2D eigenvalue weighted by molar-refractivity contribution is 7.91. The summed E-state index contributed by atoms with van der Waals surface area (Å²) < 4.78 is 23.9. The average Bonchev–Trinajstić information content (AvgIpc) is 2.88. The summed E-state index contributed by atoms with van der Waals surface area (Å²) in [4.78, 5) is 14.8.